The molecule has 0 spiro atoms. The van der Waals surface area contributed by atoms with Crippen LogP contribution in [0.15, 0.2) is 47.4 Å². The quantitative estimate of drug-likeness (QED) is 0.674. The molecule has 0 aliphatic rings. The van der Waals surface area contributed by atoms with Crippen LogP contribution in [0.2, 0.25) is 0 Å². The summed E-state index contributed by atoms with van der Waals surface area (Å²) in [5.41, 5.74) is 2.00. The van der Waals surface area contributed by atoms with E-state index in [0.717, 1.165) is 5.56 Å². The number of nitrogens with zero attached hydrogens (tertiary/aromatic N) is 1. The fraction of sp³-hybridized carbons (Fsp3) is 0.381. The Bertz CT molecular complexity index is 942. The van der Waals surface area contributed by atoms with Crippen LogP contribution in [-0.4, -0.2) is 52.5 Å². The molecule has 0 aliphatic heterocycles. The molecule has 1 amide bonds. The molecular weight excluding hydrogens is 392 g/mol. The van der Waals surface area contributed by atoms with Gasteiger partial charge < -0.3 is 14.8 Å². The summed E-state index contributed by atoms with van der Waals surface area (Å²) in [6.07, 6.45) is 0. The molecule has 8 heteroatoms. The highest BCUT2D eigenvalue weighted by Gasteiger charge is 2.22. The van der Waals surface area contributed by atoms with Crippen molar-refractivity contribution in [2.75, 3.05) is 27.9 Å². The van der Waals surface area contributed by atoms with Crippen LogP contribution in [0.5, 0.6) is 5.75 Å². The Hall–Kier alpha value is -2.42. The Morgan fingerprint density at radius 3 is 2.38 bits per heavy atom. The van der Waals surface area contributed by atoms with Crippen LogP contribution in [0.4, 0.5) is 0 Å². The lowest BCUT2D eigenvalue weighted by atomic mass is 10.1. The number of rotatable bonds is 9. The van der Waals surface area contributed by atoms with Crippen LogP contribution >= 0.6 is 0 Å². The maximum atomic E-state index is 12.9. The van der Waals surface area contributed by atoms with Gasteiger partial charge in [-0.1, -0.05) is 17.7 Å². The molecule has 0 radical (unpaired) electrons. The zero-order valence-corrected chi connectivity index (χ0v) is 18.2. The number of sulfonamides is 1. The van der Waals surface area contributed by atoms with Gasteiger partial charge in [0.1, 0.15) is 5.75 Å². The first-order valence-electron chi connectivity index (χ1n) is 9.18. The fourth-order valence-corrected chi connectivity index (χ4v) is 4.01. The predicted octanol–water partition coefficient (Wildman–Crippen LogP) is 2.59. The maximum absolute atomic E-state index is 12.9. The standard InChI is InChI=1S/C21H28N2O5S/c1-15-6-9-19(10-7-15)29(25,26)23(3)13-18-12-17(8-11-20(18)28-5)21(24)22-16(2)14-27-4/h6-12,16H,13-14H2,1-5H3,(H,22,24). The number of benzene rings is 2. The summed E-state index contributed by atoms with van der Waals surface area (Å²) >= 11 is 0. The molecule has 0 bridgehead atoms. The zero-order chi connectivity index (χ0) is 21.6. The lowest BCUT2D eigenvalue weighted by Crippen LogP contribution is -2.35. The lowest BCUT2D eigenvalue weighted by molar-refractivity contribution is 0.0905. The van der Waals surface area contributed by atoms with Crippen molar-refractivity contribution in [3.05, 3.63) is 59.2 Å². The number of carbonyl (C=O) groups excluding carboxylic acids is 1. The molecule has 2 aromatic rings. The molecule has 2 aromatic carbocycles. The van der Waals surface area contributed by atoms with E-state index in [1.54, 1.807) is 49.6 Å². The topological polar surface area (TPSA) is 84.9 Å². The van der Waals surface area contributed by atoms with Gasteiger partial charge in [-0.2, -0.15) is 4.31 Å². The van der Waals surface area contributed by atoms with Crippen LogP contribution in [0.3, 0.4) is 0 Å². The summed E-state index contributed by atoms with van der Waals surface area (Å²) in [4.78, 5) is 12.7. The number of hydrogen-bond donors (Lipinski definition) is 1. The summed E-state index contributed by atoms with van der Waals surface area (Å²) in [7, 11) is 0.900. The highest BCUT2D eigenvalue weighted by Crippen LogP contribution is 2.24. The molecule has 2 rings (SSSR count). The van der Waals surface area contributed by atoms with Crippen LogP contribution < -0.4 is 10.1 Å². The van der Waals surface area contributed by atoms with Crippen LogP contribution in [-0.2, 0) is 21.3 Å². The second-order valence-corrected chi connectivity index (χ2v) is 8.98. The smallest absolute Gasteiger partial charge is 0.251 e. The highest BCUT2D eigenvalue weighted by atomic mass is 32.2. The number of nitrogens with one attached hydrogen (secondary N) is 1. The Labute approximate surface area is 172 Å². The van der Waals surface area contributed by atoms with E-state index in [9.17, 15) is 13.2 Å². The fourth-order valence-electron chi connectivity index (χ4n) is 2.86. The normalized spacial score (nSPS) is 12.6. The molecule has 0 aromatic heterocycles. The molecule has 158 valence electrons. The van der Waals surface area contributed by atoms with Crippen molar-refractivity contribution in [3.8, 4) is 5.75 Å². The lowest BCUT2D eigenvalue weighted by Gasteiger charge is -2.20. The summed E-state index contributed by atoms with van der Waals surface area (Å²) < 4.78 is 37.4. The van der Waals surface area contributed by atoms with E-state index in [4.69, 9.17) is 9.47 Å². The molecule has 0 heterocycles. The molecule has 1 N–H and O–H groups in total. The van der Waals surface area contributed by atoms with E-state index in [-0.39, 0.29) is 23.4 Å². The Morgan fingerprint density at radius 2 is 1.79 bits per heavy atom. The molecule has 7 nitrogen and oxygen atoms in total. The second-order valence-electron chi connectivity index (χ2n) is 6.93. The molecule has 0 fully saturated rings. The van der Waals surface area contributed by atoms with Gasteiger partial charge in [0.2, 0.25) is 10.0 Å². The molecular formula is C21H28N2O5S. The van der Waals surface area contributed by atoms with Gasteiger partial charge in [0, 0.05) is 37.9 Å². The predicted molar refractivity (Wildman–Crippen MR) is 112 cm³/mol. The summed E-state index contributed by atoms with van der Waals surface area (Å²) in [6.45, 7) is 4.20. The molecule has 0 aliphatic carbocycles. The average Bonchev–Trinajstić information content (AvgIpc) is 2.68. The van der Waals surface area contributed by atoms with Gasteiger partial charge in [0.25, 0.3) is 5.91 Å². The van der Waals surface area contributed by atoms with E-state index >= 15 is 0 Å². The summed E-state index contributed by atoms with van der Waals surface area (Å²) in [5.74, 6) is 0.250. The van der Waals surface area contributed by atoms with Crippen LogP contribution in [0.25, 0.3) is 0 Å². The molecule has 1 atom stereocenters. The van der Waals surface area contributed by atoms with Crippen molar-refractivity contribution < 1.29 is 22.7 Å². The minimum Gasteiger partial charge on any atom is -0.496 e. The molecule has 29 heavy (non-hydrogen) atoms. The van der Waals surface area contributed by atoms with Gasteiger partial charge >= 0.3 is 0 Å². The molecule has 0 saturated carbocycles. The molecule has 0 saturated heterocycles. The number of amides is 1. The number of ether oxygens (including phenoxy) is 2. The van der Waals surface area contributed by atoms with Gasteiger partial charge in [-0.05, 0) is 44.2 Å². The average molecular weight is 421 g/mol. The van der Waals surface area contributed by atoms with Gasteiger partial charge in [0.05, 0.1) is 18.6 Å². The Balaban J connectivity index is 2.26. The Morgan fingerprint density at radius 1 is 1.14 bits per heavy atom. The molecule has 1 unspecified atom stereocenters. The van der Waals surface area contributed by atoms with Crippen molar-refractivity contribution in [1.82, 2.24) is 9.62 Å². The zero-order valence-electron chi connectivity index (χ0n) is 17.4. The summed E-state index contributed by atoms with van der Waals surface area (Å²) in [5, 5.41) is 2.84. The number of carbonyl (C=O) groups is 1. The van der Waals surface area contributed by atoms with Crippen molar-refractivity contribution in [2.24, 2.45) is 0 Å². The SMILES string of the molecule is COCC(C)NC(=O)c1ccc(OC)c(CN(C)S(=O)(=O)c2ccc(C)cc2)c1. The van der Waals surface area contributed by atoms with Gasteiger partial charge in [-0.3, -0.25) is 4.79 Å². The van der Waals surface area contributed by atoms with Crippen LogP contribution in [0.1, 0.15) is 28.4 Å². The first-order chi connectivity index (χ1) is 13.7. The largest absolute Gasteiger partial charge is 0.496 e. The number of hydrogen-bond acceptors (Lipinski definition) is 5. The minimum atomic E-state index is -3.68. The third-order valence-electron chi connectivity index (χ3n) is 4.46. The Kier molecular flexibility index (Phi) is 7.78. The van der Waals surface area contributed by atoms with Gasteiger partial charge in [-0.15, -0.1) is 0 Å². The minimum absolute atomic E-state index is 0.0636. The third-order valence-corrected chi connectivity index (χ3v) is 6.28. The maximum Gasteiger partial charge on any atom is 0.251 e. The van der Waals surface area contributed by atoms with Crippen molar-refractivity contribution in [3.63, 3.8) is 0 Å². The van der Waals surface area contributed by atoms with E-state index in [2.05, 4.69) is 5.32 Å². The van der Waals surface area contributed by atoms with E-state index in [1.165, 1.54) is 18.5 Å². The van der Waals surface area contributed by atoms with E-state index in [0.29, 0.717) is 23.5 Å². The van der Waals surface area contributed by atoms with Crippen molar-refractivity contribution in [2.45, 2.75) is 31.3 Å². The first-order valence-corrected chi connectivity index (χ1v) is 10.6. The van der Waals surface area contributed by atoms with E-state index < -0.39 is 10.0 Å². The number of aryl methyl sites for hydroxylation is 1. The highest BCUT2D eigenvalue weighted by molar-refractivity contribution is 7.89. The van der Waals surface area contributed by atoms with E-state index in [1.807, 2.05) is 13.8 Å². The second kappa shape index (κ2) is 9.87. The first kappa shape index (κ1) is 22.9. The van der Waals surface area contributed by atoms with Crippen LogP contribution in [0, 0.1) is 6.92 Å². The van der Waals surface area contributed by atoms with Gasteiger partial charge in [0.15, 0.2) is 0 Å². The van der Waals surface area contributed by atoms with Gasteiger partial charge in [-0.25, -0.2) is 8.42 Å². The summed E-state index contributed by atoms with van der Waals surface area (Å²) in [6, 6.07) is 11.5. The van der Waals surface area contributed by atoms with Crippen molar-refractivity contribution in [1.29, 1.82) is 0 Å². The monoisotopic (exact) mass is 420 g/mol. The van der Waals surface area contributed by atoms with Crippen molar-refractivity contribution >= 4 is 15.9 Å². The number of methoxy groups -OCH3 is 2. The third kappa shape index (κ3) is 5.79.